The summed E-state index contributed by atoms with van der Waals surface area (Å²) < 4.78 is 31.0. The number of carbonyl (C=O) groups excluding carboxylic acids is 1. The maximum absolute atomic E-state index is 13.8. The van der Waals surface area contributed by atoms with Crippen LogP contribution in [0.15, 0.2) is 121 Å². The molecule has 45 heavy (non-hydrogen) atoms. The molecule has 0 aromatic heterocycles. The minimum absolute atomic E-state index is 0.0563. The Morgan fingerprint density at radius 3 is 1.38 bits per heavy atom. The smallest absolute Gasteiger partial charge is 0.338 e. The fourth-order valence-electron chi connectivity index (χ4n) is 4.70. The molecule has 0 fully saturated rings. The standard InChI is InChI=1S/C38H44O7/c1-38(2,3)45-37(40)36(44-27-32-22-14-7-15-23-32)35(43-26-31-20-12-6-13-21-31)34(42-25-30-18-10-5-11-19-30)33(39)28-41-24-29-16-8-4-9-17-29/h4-23,33-36,39H,24-28H2,1-3H3/t33-,34+,35-,36+/m0/s1. The maximum atomic E-state index is 13.8. The molecule has 0 amide bonds. The molecule has 4 aromatic rings. The summed E-state index contributed by atoms with van der Waals surface area (Å²) in [6.45, 7) is 6.10. The van der Waals surface area contributed by atoms with Crippen LogP contribution in [-0.2, 0) is 54.9 Å². The summed E-state index contributed by atoms with van der Waals surface area (Å²) in [5.74, 6) is -0.609. The first-order valence-electron chi connectivity index (χ1n) is 15.3. The van der Waals surface area contributed by atoms with Crippen LogP contribution >= 0.6 is 0 Å². The molecule has 0 heterocycles. The highest BCUT2D eigenvalue weighted by Crippen LogP contribution is 2.24. The number of hydrogen-bond donors (Lipinski definition) is 1. The number of carbonyl (C=O) groups is 1. The predicted octanol–water partition coefficient (Wildman–Crippen LogP) is 6.66. The van der Waals surface area contributed by atoms with Gasteiger partial charge in [-0.25, -0.2) is 4.79 Å². The normalized spacial score (nSPS) is 14.3. The first-order chi connectivity index (χ1) is 21.8. The van der Waals surface area contributed by atoms with Crippen LogP contribution in [0.5, 0.6) is 0 Å². The molecule has 7 heteroatoms. The van der Waals surface area contributed by atoms with Gasteiger partial charge in [0.15, 0.2) is 6.10 Å². The Bertz CT molecular complexity index is 1380. The van der Waals surface area contributed by atoms with Crippen molar-refractivity contribution in [1.82, 2.24) is 0 Å². The Morgan fingerprint density at radius 2 is 0.956 bits per heavy atom. The Labute approximate surface area is 266 Å². The molecule has 0 bridgehead atoms. The van der Waals surface area contributed by atoms with E-state index >= 15 is 0 Å². The van der Waals surface area contributed by atoms with E-state index in [1.54, 1.807) is 20.8 Å². The first-order valence-corrected chi connectivity index (χ1v) is 15.3. The van der Waals surface area contributed by atoms with Crippen LogP contribution in [0.25, 0.3) is 0 Å². The third-order valence-corrected chi connectivity index (χ3v) is 6.88. The molecule has 4 atom stereocenters. The Balaban J connectivity index is 1.65. The summed E-state index contributed by atoms with van der Waals surface area (Å²) in [5.41, 5.74) is 2.86. The predicted molar refractivity (Wildman–Crippen MR) is 173 cm³/mol. The quantitative estimate of drug-likeness (QED) is 0.134. The summed E-state index contributed by atoms with van der Waals surface area (Å²) >= 11 is 0. The SMILES string of the molecule is CC(C)(C)OC(=O)[C@H](OCc1ccccc1)[C@@H](OCc1ccccc1)[C@H](OCc1ccccc1)[C@@H](O)COCc1ccccc1. The number of benzene rings is 4. The Morgan fingerprint density at radius 1 is 0.578 bits per heavy atom. The van der Waals surface area contributed by atoms with Crippen molar-refractivity contribution in [2.45, 2.75) is 77.2 Å². The summed E-state index contributed by atoms with van der Waals surface area (Å²) in [5, 5.41) is 11.6. The van der Waals surface area contributed by atoms with Crippen molar-refractivity contribution < 1.29 is 33.6 Å². The van der Waals surface area contributed by atoms with Crippen molar-refractivity contribution in [3.8, 4) is 0 Å². The zero-order valence-electron chi connectivity index (χ0n) is 26.3. The van der Waals surface area contributed by atoms with E-state index in [0.29, 0.717) is 6.61 Å². The molecule has 1 N–H and O–H groups in total. The molecule has 0 spiro atoms. The number of ether oxygens (including phenoxy) is 5. The highest BCUT2D eigenvalue weighted by molar-refractivity contribution is 5.76. The van der Waals surface area contributed by atoms with Gasteiger partial charge in [-0.05, 0) is 43.0 Å². The van der Waals surface area contributed by atoms with Gasteiger partial charge in [0.1, 0.15) is 23.9 Å². The average Bonchev–Trinajstić information content (AvgIpc) is 3.04. The van der Waals surface area contributed by atoms with E-state index < -0.39 is 36.0 Å². The van der Waals surface area contributed by atoms with Gasteiger partial charge in [0, 0.05) is 0 Å². The Kier molecular flexibility index (Phi) is 13.3. The van der Waals surface area contributed by atoms with Gasteiger partial charge >= 0.3 is 5.97 Å². The van der Waals surface area contributed by atoms with Crippen molar-refractivity contribution in [3.63, 3.8) is 0 Å². The average molecular weight is 613 g/mol. The van der Waals surface area contributed by atoms with Crippen LogP contribution in [0.4, 0.5) is 0 Å². The van der Waals surface area contributed by atoms with E-state index in [1.807, 2.05) is 121 Å². The second kappa shape index (κ2) is 17.6. The minimum atomic E-state index is -1.22. The molecule has 4 aromatic carbocycles. The third-order valence-electron chi connectivity index (χ3n) is 6.88. The lowest BCUT2D eigenvalue weighted by Gasteiger charge is -2.36. The molecule has 238 valence electrons. The first kappa shape index (κ1) is 34.0. The number of rotatable bonds is 17. The van der Waals surface area contributed by atoms with E-state index in [0.717, 1.165) is 22.3 Å². The Hall–Kier alpha value is -3.85. The largest absolute Gasteiger partial charge is 0.458 e. The number of esters is 1. The van der Waals surface area contributed by atoms with Gasteiger partial charge in [-0.1, -0.05) is 121 Å². The molecular formula is C38H44O7. The van der Waals surface area contributed by atoms with Gasteiger partial charge in [-0.2, -0.15) is 0 Å². The molecule has 7 nitrogen and oxygen atoms in total. The van der Waals surface area contributed by atoms with E-state index in [2.05, 4.69) is 0 Å². The van der Waals surface area contributed by atoms with Gasteiger partial charge < -0.3 is 28.8 Å². The second-order valence-electron chi connectivity index (χ2n) is 11.8. The van der Waals surface area contributed by atoms with Gasteiger partial charge in [0.05, 0.1) is 33.0 Å². The van der Waals surface area contributed by atoms with E-state index in [9.17, 15) is 9.90 Å². The fraction of sp³-hybridized carbons (Fsp3) is 0.342. The van der Waals surface area contributed by atoms with E-state index in [4.69, 9.17) is 23.7 Å². The van der Waals surface area contributed by atoms with Crippen LogP contribution in [0.3, 0.4) is 0 Å². The molecule has 0 aliphatic rings. The summed E-state index contributed by atoms with van der Waals surface area (Å²) in [7, 11) is 0. The maximum Gasteiger partial charge on any atom is 0.338 e. The van der Waals surface area contributed by atoms with Gasteiger partial charge in [0.25, 0.3) is 0 Å². The van der Waals surface area contributed by atoms with Crippen LogP contribution in [0.1, 0.15) is 43.0 Å². The zero-order chi connectivity index (χ0) is 31.9. The van der Waals surface area contributed by atoms with E-state index in [1.165, 1.54) is 0 Å². The lowest BCUT2D eigenvalue weighted by molar-refractivity contribution is -0.208. The second-order valence-corrected chi connectivity index (χ2v) is 11.8. The van der Waals surface area contributed by atoms with Crippen molar-refractivity contribution in [3.05, 3.63) is 144 Å². The molecule has 4 rings (SSSR count). The lowest BCUT2D eigenvalue weighted by Crippen LogP contribution is -2.53. The van der Waals surface area contributed by atoms with Crippen LogP contribution in [0, 0.1) is 0 Å². The topological polar surface area (TPSA) is 83.5 Å². The van der Waals surface area contributed by atoms with Crippen molar-refractivity contribution in [2.24, 2.45) is 0 Å². The van der Waals surface area contributed by atoms with Crippen molar-refractivity contribution >= 4 is 5.97 Å². The number of aliphatic hydroxyl groups is 1. The number of aliphatic hydroxyl groups excluding tert-OH is 1. The molecule has 0 radical (unpaired) electrons. The monoisotopic (exact) mass is 612 g/mol. The molecule has 0 saturated heterocycles. The van der Waals surface area contributed by atoms with Crippen LogP contribution in [0.2, 0.25) is 0 Å². The van der Waals surface area contributed by atoms with Gasteiger partial charge in [-0.3, -0.25) is 0 Å². The van der Waals surface area contributed by atoms with Crippen LogP contribution < -0.4 is 0 Å². The molecule has 0 aliphatic carbocycles. The summed E-state index contributed by atoms with van der Waals surface area (Å²) in [6, 6.07) is 38.5. The third kappa shape index (κ3) is 11.9. The molecule has 0 unspecified atom stereocenters. The highest BCUT2D eigenvalue weighted by atomic mass is 16.6. The van der Waals surface area contributed by atoms with Crippen LogP contribution in [-0.4, -0.2) is 47.7 Å². The fourth-order valence-corrected chi connectivity index (χ4v) is 4.70. The minimum Gasteiger partial charge on any atom is -0.458 e. The van der Waals surface area contributed by atoms with Gasteiger partial charge in [0.2, 0.25) is 0 Å². The van der Waals surface area contributed by atoms with Gasteiger partial charge in [-0.15, -0.1) is 0 Å². The zero-order valence-corrected chi connectivity index (χ0v) is 26.3. The van der Waals surface area contributed by atoms with E-state index in [-0.39, 0.29) is 26.4 Å². The lowest BCUT2D eigenvalue weighted by atomic mass is 10.0. The molecular weight excluding hydrogens is 568 g/mol. The summed E-state index contributed by atoms with van der Waals surface area (Å²) in [6.07, 6.45) is -4.46. The number of hydrogen-bond acceptors (Lipinski definition) is 7. The molecule has 0 saturated carbocycles. The molecule has 0 aliphatic heterocycles. The van der Waals surface area contributed by atoms with Crippen molar-refractivity contribution in [2.75, 3.05) is 6.61 Å². The summed E-state index contributed by atoms with van der Waals surface area (Å²) in [4.78, 5) is 13.8. The highest BCUT2D eigenvalue weighted by Gasteiger charge is 2.43. The van der Waals surface area contributed by atoms with Crippen molar-refractivity contribution in [1.29, 1.82) is 0 Å².